The molecule has 1 unspecified atom stereocenters. The lowest BCUT2D eigenvalue weighted by Crippen LogP contribution is -2.15. The minimum Gasteiger partial charge on any atom is -0.497 e. The van der Waals surface area contributed by atoms with E-state index < -0.39 is 0 Å². The fourth-order valence-corrected chi connectivity index (χ4v) is 2.82. The molecule has 0 N–H and O–H groups in total. The van der Waals surface area contributed by atoms with Crippen molar-refractivity contribution < 1.29 is 9.47 Å². The molecule has 1 heterocycles. The standard InChI is InChI=1S/C21H28BrN3O2/c1-6-25(4)14-23-20-13-19(22)21(24-16(20)3)27-15(2)7-8-17-9-11-18(26-5)12-10-17/h9-15H,6-8H2,1-5H3/b23-14+. The number of methoxy groups -OCH3 is 1. The first-order chi connectivity index (χ1) is 12.9. The van der Waals surface area contributed by atoms with Gasteiger partial charge in [-0.05, 0) is 73.3 Å². The van der Waals surface area contributed by atoms with Gasteiger partial charge in [0.1, 0.15) is 5.75 Å². The highest BCUT2D eigenvalue weighted by molar-refractivity contribution is 9.10. The van der Waals surface area contributed by atoms with Crippen LogP contribution in [-0.2, 0) is 6.42 Å². The van der Waals surface area contributed by atoms with E-state index in [4.69, 9.17) is 9.47 Å². The maximum absolute atomic E-state index is 6.05. The number of nitrogens with zero attached hydrogens (tertiary/aromatic N) is 3. The van der Waals surface area contributed by atoms with Gasteiger partial charge in [0, 0.05) is 13.6 Å². The summed E-state index contributed by atoms with van der Waals surface area (Å²) in [6.07, 6.45) is 3.71. The molecule has 2 rings (SSSR count). The van der Waals surface area contributed by atoms with Crippen molar-refractivity contribution in [3.05, 3.63) is 46.1 Å². The highest BCUT2D eigenvalue weighted by atomic mass is 79.9. The summed E-state index contributed by atoms with van der Waals surface area (Å²) < 4.78 is 12.1. The van der Waals surface area contributed by atoms with Gasteiger partial charge in [0.25, 0.3) is 0 Å². The third-order valence-electron chi connectivity index (χ3n) is 4.31. The molecule has 0 saturated carbocycles. The molecular weight excluding hydrogens is 406 g/mol. The minimum absolute atomic E-state index is 0.0517. The van der Waals surface area contributed by atoms with Crippen LogP contribution < -0.4 is 9.47 Å². The third-order valence-corrected chi connectivity index (χ3v) is 4.88. The number of pyridine rings is 1. The van der Waals surface area contributed by atoms with Crippen molar-refractivity contribution in [3.63, 3.8) is 0 Å². The monoisotopic (exact) mass is 433 g/mol. The largest absolute Gasteiger partial charge is 0.497 e. The normalized spacial score (nSPS) is 12.2. The van der Waals surface area contributed by atoms with Crippen LogP contribution in [0.5, 0.6) is 11.6 Å². The van der Waals surface area contributed by atoms with Crippen LogP contribution in [-0.4, -0.2) is 43.0 Å². The number of ether oxygens (including phenoxy) is 2. The van der Waals surface area contributed by atoms with Crippen molar-refractivity contribution in [2.24, 2.45) is 4.99 Å². The minimum atomic E-state index is 0.0517. The number of aliphatic imine (C=N–C) groups is 1. The summed E-state index contributed by atoms with van der Waals surface area (Å²) in [6, 6.07) is 10.1. The molecule has 0 aliphatic rings. The van der Waals surface area contributed by atoms with E-state index in [9.17, 15) is 0 Å². The molecule has 0 bridgehead atoms. The molecule has 0 saturated heterocycles. The van der Waals surface area contributed by atoms with E-state index in [2.05, 4.69) is 51.9 Å². The molecule has 0 spiro atoms. The van der Waals surface area contributed by atoms with Gasteiger partial charge in [-0.2, -0.15) is 0 Å². The molecule has 0 radical (unpaired) electrons. The van der Waals surface area contributed by atoms with Crippen LogP contribution in [0.3, 0.4) is 0 Å². The average Bonchev–Trinajstić information content (AvgIpc) is 2.67. The van der Waals surface area contributed by atoms with E-state index in [0.29, 0.717) is 5.88 Å². The summed E-state index contributed by atoms with van der Waals surface area (Å²) in [7, 11) is 3.67. The van der Waals surface area contributed by atoms with Crippen LogP contribution in [0, 0.1) is 6.92 Å². The number of benzene rings is 1. The first-order valence-electron chi connectivity index (χ1n) is 9.14. The van der Waals surface area contributed by atoms with Crippen molar-refractivity contribution >= 4 is 28.0 Å². The number of rotatable bonds is 9. The smallest absolute Gasteiger partial charge is 0.228 e. The lowest BCUT2D eigenvalue weighted by Gasteiger charge is -2.16. The van der Waals surface area contributed by atoms with Gasteiger partial charge in [0.2, 0.25) is 5.88 Å². The summed E-state index contributed by atoms with van der Waals surface area (Å²) in [5.41, 5.74) is 2.94. The first kappa shape index (κ1) is 21.2. The van der Waals surface area contributed by atoms with Gasteiger partial charge in [-0.15, -0.1) is 0 Å². The Morgan fingerprint density at radius 2 is 2.00 bits per heavy atom. The zero-order chi connectivity index (χ0) is 19.8. The second-order valence-corrected chi connectivity index (χ2v) is 7.37. The fraction of sp³-hybridized carbons (Fsp3) is 0.429. The van der Waals surface area contributed by atoms with Crippen LogP contribution in [0.4, 0.5) is 5.69 Å². The van der Waals surface area contributed by atoms with Gasteiger partial charge >= 0.3 is 0 Å². The van der Waals surface area contributed by atoms with Gasteiger partial charge in [-0.1, -0.05) is 12.1 Å². The third kappa shape index (κ3) is 6.54. The average molecular weight is 434 g/mol. The molecule has 1 aromatic carbocycles. The Bertz CT molecular complexity index is 763. The molecular formula is C21H28BrN3O2. The number of aromatic nitrogens is 1. The Hall–Kier alpha value is -2.08. The summed E-state index contributed by atoms with van der Waals surface area (Å²) in [5, 5.41) is 0. The van der Waals surface area contributed by atoms with E-state index in [1.54, 1.807) is 7.11 Å². The number of halogens is 1. The van der Waals surface area contributed by atoms with Gasteiger partial charge in [0.05, 0.1) is 35.4 Å². The molecule has 0 fully saturated rings. The quantitative estimate of drug-likeness (QED) is 0.404. The molecule has 0 aliphatic heterocycles. The van der Waals surface area contributed by atoms with Gasteiger partial charge in [-0.25, -0.2) is 9.98 Å². The lowest BCUT2D eigenvalue weighted by molar-refractivity contribution is 0.201. The molecule has 2 aromatic rings. The second kappa shape index (κ2) is 10.3. The zero-order valence-corrected chi connectivity index (χ0v) is 18.3. The van der Waals surface area contributed by atoms with E-state index in [0.717, 1.165) is 41.0 Å². The van der Waals surface area contributed by atoms with Crippen LogP contribution in [0.15, 0.2) is 39.8 Å². The first-order valence-corrected chi connectivity index (χ1v) is 9.93. The summed E-state index contributed by atoms with van der Waals surface area (Å²) >= 11 is 3.56. The Labute approximate surface area is 170 Å². The number of aryl methyl sites for hydroxylation is 2. The molecule has 1 aromatic heterocycles. The molecule has 6 heteroatoms. The SMILES string of the molecule is CCN(C)/C=N/c1cc(Br)c(OC(C)CCc2ccc(OC)cc2)nc1C. The molecule has 0 aliphatic carbocycles. The second-order valence-electron chi connectivity index (χ2n) is 6.51. The maximum atomic E-state index is 6.05. The number of hydrogen-bond donors (Lipinski definition) is 0. The van der Waals surface area contributed by atoms with Crippen molar-refractivity contribution in [3.8, 4) is 11.6 Å². The molecule has 146 valence electrons. The van der Waals surface area contributed by atoms with Gasteiger partial charge < -0.3 is 14.4 Å². The Balaban J connectivity index is 1.97. The fourth-order valence-electron chi connectivity index (χ4n) is 2.42. The Morgan fingerprint density at radius 3 is 2.63 bits per heavy atom. The van der Waals surface area contributed by atoms with E-state index in [1.165, 1.54) is 5.56 Å². The highest BCUT2D eigenvalue weighted by Gasteiger charge is 2.12. The summed E-state index contributed by atoms with van der Waals surface area (Å²) in [6.45, 7) is 7.00. The van der Waals surface area contributed by atoms with Crippen LogP contribution in [0.2, 0.25) is 0 Å². The van der Waals surface area contributed by atoms with Crippen molar-refractivity contribution in [1.29, 1.82) is 0 Å². The van der Waals surface area contributed by atoms with Crippen LogP contribution in [0.25, 0.3) is 0 Å². The van der Waals surface area contributed by atoms with Gasteiger partial charge in [-0.3, -0.25) is 0 Å². The van der Waals surface area contributed by atoms with Crippen molar-refractivity contribution in [1.82, 2.24) is 9.88 Å². The predicted molar refractivity (Wildman–Crippen MR) is 115 cm³/mol. The maximum Gasteiger partial charge on any atom is 0.228 e. The predicted octanol–water partition coefficient (Wildman–Crippen LogP) is 5.17. The van der Waals surface area contributed by atoms with Crippen molar-refractivity contribution in [2.75, 3.05) is 20.7 Å². The summed E-state index contributed by atoms with van der Waals surface area (Å²) in [4.78, 5) is 11.1. The lowest BCUT2D eigenvalue weighted by atomic mass is 10.1. The van der Waals surface area contributed by atoms with Gasteiger partial charge in [0.15, 0.2) is 0 Å². The van der Waals surface area contributed by atoms with Crippen LogP contribution in [0.1, 0.15) is 31.5 Å². The van der Waals surface area contributed by atoms with Crippen molar-refractivity contribution in [2.45, 2.75) is 39.7 Å². The van der Waals surface area contributed by atoms with Crippen LogP contribution >= 0.6 is 15.9 Å². The number of hydrogen-bond acceptors (Lipinski definition) is 4. The molecule has 27 heavy (non-hydrogen) atoms. The zero-order valence-electron chi connectivity index (χ0n) is 16.7. The van der Waals surface area contributed by atoms with E-state index >= 15 is 0 Å². The molecule has 0 amide bonds. The van der Waals surface area contributed by atoms with E-state index in [1.807, 2.05) is 43.4 Å². The Morgan fingerprint density at radius 1 is 1.30 bits per heavy atom. The molecule has 1 atom stereocenters. The van der Waals surface area contributed by atoms with E-state index in [-0.39, 0.29) is 6.10 Å². The molecule has 5 nitrogen and oxygen atoms in total. The highest BCUT2D eigenvalue weighted by Crippen LogP contribution is 2.30. The Kier molecular flexibility index (Phi) is 8.10. The topological polar surface area (TPSA) is 47.0 Å². The summed E-state index contributed by atoms with van der Waals surface area (Å²) in [5.74, 6) is 1.48.